The van der Waals surface area contributed by atoms with Crippen molar-refractivity contribution in [2.45, 2.75) is 26.2 Å². The average Bonchev–Trinajstić information content (AvgIpc) is 2.53. The predicted molar refractivity (Wildman–Crippen MR) is 89.0 cm³/mol. The van der Waals surface area contributed by atoms with Crippen molar-refractivity contribution in [3.05, 3.63) is 23.8 Å². The fraction of sp³-hybridized carbons (Fsp3) is 0.471. The summed E-state index contributed by atoms with van der Waals surface area (Å²) < 4.78 is 10.7. The van der Waals surface area contributed by atoms with Crippen molar-refractivity contribution in [1.29, 1.82) is 0 Å². The van der Waals surface area contributed by atoms with Crippen molar-refractivity contribution in [3.63, 3.8) is 0 Å². The zero-order valence-corrected chi connectivity index (χ0v) is 13.5. The molecule has 0 bridgehead atoms. The zero-order valence-electron chi connectivity index (χ0n) is 13.5. The highest BCUT2D eigenvalue weighted by Gasteiger charge is 2.09. The summed E-state index contributed by atoms with van der Waals surface area (Å²) in [4.78, 5) is 4.64. The number of pyridine rings is 1. The van der Waals surface area contributed by atoms with E-state index in [4.69, 9.17) is 14.6 Å². The van der Waals surface area contributed by atoms with Gasteiger partial charge in [-0.1, -0.05) is 0 Å². The van der Waals surface area contributed by atoms with Gasteiger partial charge >= 0.3 is 0 Å². The van der Waals surface area contributed by atoms with Crippen LogP contribution in [-0.2, 0) is 0 Å². The molecular formula is C17H24N2O3. The fourth-order valence-corrected chi connectivity index (χ4v) is 2.44. The number of nitrogens with zero attached hydrogens (tertiary/aromatic N) is 1. The topological polar surface area (TPSA) is 63.6 Å². The Morgan fingerprint density at radius 2 is 1.77 bits per heavy atom. The van der Waals surface area contributed by atoms with Crippen molar-refractivity contribution < 1.29 is 14.6 Å². The Morgan fingerprint density at radius 3 is 2.45 bits per heavy atom. The smallest absolute Gasteiger partial charge is 0.162 e. The number of rotatable bonds is 8. The van der Waals surface area contributed by atoms with Crippen molar-refractivity contribution in [1.82, 2.24) is 4.98 Å². The SMILES string of the molecule is COc1cc2nc(NCCCCCO)cc(C)c2cc1OC. The number of nitrogens with one attached hydrogen (secondary N) is 1. The van der Waals surface area contributed by atoms with Crippen LogP contribution in [0.25, 0.3) is 10.9 Å². The Hall–Kier alpha value is -2.01. The molecule has 0 radical (unpaired) electrons. The van der Waals surface area contributed by atoms with E-state index in [0.29, 0.717) is 11.5 Å². The number of ether oxygens (including phenoxy) is 2. The number of hydrogen-bond donors (Lipinski definition) is 2. The molecule has 5 nitrogen and oxygen atoms in total. The molecule has 0 saturated heterocycles. The van der Waals surface area contributed by atoms with Crippen LogP contribution in [-0.4, -0.2) is 37.5 Å². The van der Waals surface area contributed by atoms with Gasteiger partial charge in [-0.3, -0.25) is 0 Å². The number of hydrogen-bond acceptors (Lipinski definition) is 5. The molecule has 0 fully saturated rings. The van der Waals surface area contributed by atoms with E-state index in [2.05, 4.69) is 17.2 Å². The third-order valence-electron chi connectivity index (χ3n) is 3.66. The summed E-state index contributed by atoms with van der Waals surface area (Å²) in [6.07, 6.45) is 2.88. The highest BCUT2D eigenvalue weighted by Crippen LogP contribution is 2.33. The van der Waals surface area contributed by atoms with E-state index >= 15 is 0 Å². The van der Waals surface area contributed by atoms with Crippen LogP contribution in [0.15, 0.2) is 18.2 Å². The van der Waals surface area contributed by atoms with Gasteiger partial charge < -0.3 is 19.9 Å². The molecular weight excluding hydrogens is 280 g/mol. The summed E-state index contributed by atoms with van der Waals surface area (Å²) in [5, 5.41) is 13.2. The summed E-state index contributed by atoms with van der Waals surface area (Å²) >= 11 is 0. The van der Waals surface area contributed by atoms with Crippen LogP contribution in [0.3, 0.4) is 0 Å². The van der Waals surface area contributed by atoms with Crippen LogP contribution in [0.5, 0.6) is 11.5 Å². The highest BCUT2D eigenvalue weighted by molar-refractivity contribution is 5.87. The molecule has 2 N–H and O–H groups in total. The van der Waals surface area contributed by atoms with Gasteiger partial charge in [-0.25, -0.2) is 4.98 Å². The predicted octanol–water partition coefficient (Wildman–Crippen LogP) is 3.13. The minimum absolute atomic E-state index is 0.259. The van der Waals surface area contributed by atoms with Gasteiger partial charge in [-0.15, -0.1) is 0 Å². The summed E-state index contributed by atoms with van der Waals surface area (Å²) in [5.74, 6) is 2.26. The van der Waals surface area contributed by atoms with E-state index in [1.807, 2.05) is 18.2 Å². The Morgan fingerprint density at radius 1 is 1.05 bits per heavy atom. The van der Waals surface area contributed by atoms with E-state index < -0.39 is 0 Å². The van der Waals surface area contributed by atoms with Crippen molar-refractivity contribution in [3.8, 4) is 11.5 Å². The Balaban J connectivity index is 2.20. The monoisotopic (exact) mass is 304 g/mol. The molecule has 0 aliphatic carbocycles. The van der Waals surface area contributed by atoms with Gasteiger partial charge in [0.15, 0.2) is 11.5 Å². The summed E-state index contributed by atoms with van der Waals surface area (Å²) in [5.41, 5.74) is 2.03. The van der Waals surface area contributed by atoms with E-state index in [1.54, 1.807) is 14.2 Å². The molecule has 2 aromatic rings. The molecule has 22 heavy (non-hydrogen) atoms. The number of aryl methyl sites for hydroxylation is 1. The lowest BCUT2D eigenvalue weighted by molar-refractivity contribution is 0.283. The van der Waals surface area contributed by atoms with Crippen LogP contribution < -0.4 is 14.8 Å². The quantitative estimate of drug-likeness (QED) is 0.734. The normalized spacial score (nSPS) is 10.7. The first-order valence-electron chi connectivity index (χ1n) is 7.57. The van der Waals surface area contributed by atoms with Gasteiger partial charge in [0.1, 0.15) is 5.82 Å². The summed E-state index contributed by atoms with van der Waals surface area (Å²) in [7, 11) is 3.26. The number of aromatic nitrogens is 1. The van der Waals surface area contributed by atoms with Crippen LogP contribution in [0.4, 0.5) is 5.82 Å². The highest BCUT2D eigenvalue weighted by atomic mass is 16.5. The Kier molecular flexibility index (Phi) is 5.83. The molecule has 0 saturated carbocycles. The maximum absolute atomic E-state index is 8.77. The van der Waals surface area contributed by atoms with Gasteiger partial charge in [0.05, 0.1) is 19.7 Å². The second-order valence-corrected chi connectivity index (χ2v) is 5.26. The Bertz CT molecular complexity index is 629. The maximum atomic E-state index is 8.77. The van der Waals surface area contributed by atoms with Gasteiger partial charge in [0.25, 0.3) is 0 Å². The minimum Gasteiger partial charge on any atom is -0.493 e. The molecule has 1 aromatic heterocycles. The molecule has 5 heteroatoms. The average molecular weight is 304 g/mol. The molecule has 0 unspecified atom stereocenters. The molecule has 0 atom stereocenters. The molecule has 0 aliphatic rings. The van der Waals surface area contributed by atoms with Gasteiger partial charge in [0.2, 0.25) is 0 Å². The van der Waals surface area contributed by atoms with Crippen molar-refractivity contribution in [2.75, 3.05) is 32.7 Å². The second-order valence-electron chi connectivity index (χ2n) is 5.26. The standard InChI is InChI=1S/C17H24N2O3/c1-12-9-17(18-7-5-4-6-8-20)19-14-11-16(22-3)15(21-2)10-13(12)14/h9-11,20H,4-8H2,1-3H3,(H,18,19). The number of benzene rings is 1. The third kappa shape index (κ3) is 3.80. The lowest BCUT2D eigenvalue weighted by Gasteiger charge is -2.12. The zero-order chi connectivity index (χ0) is 15.9. The lowest BCUT2D eigenvalue weighted by atomic mass is 10.1. The molecule has 0 spiro atoms. The van der Waals surface area contributed by atoms with E-state index in [0.717, 1.165) is 48.1 Å². The first-order valence-corrected chi connectivity index (χ1v) is 7.57. The van der Waals surface area contributed by atoms with E-state index in [-0.39, 0.29) is 6.61 Å². The Labute approximate surface area is 131 Å². The largest absolute Gasteiger partial charge is 0.493 e. The number of fused-ring (bicyclic) bond motifs is 1. The van der Waals surface area contributed by atoms with Gasteiger partial charge in [-0.2, -0.15) is 0 Å². The van der Waals surface area contributed by atoms with Crippen molar-refractivity contribution in [2.24, 2.45) is 0 Å². The van der Waals surface area contributed by atoms with Gasteiger partial charge in [-0.05, 0) is 43.9 Å². The number of methoxy groups -OCH3 is 2. The third-order valence-corrected chi connectivity index (χ3v) is 3.66. The molecule has 1 heterocycles. The lowest BCUT2D eigenvalue weighted by Crippen LogP contribution is -2.04. The molecule has 2 rings (SSSR count). The molecule has 1 aromatic carbocycles. The number of unbranched alkanes of at least 4 members (excludes halogenated alkanes) is 2. The number of anilines is 1. The molecule has 120 valence electrons. The molecule has 0 aliphatic heterocycles. The minimum atomic E-state index is 0.259. The second kappa shape index (κ2) is 7.84. The van der Waals surface area contributed by atoms with Crippen LogP contribution >= 0.6 is 0 Å². The summed E-state index contributed by atoms with van der Waals surface area (Å²) in [6, 6.07) is 5.90. The fourth-order valence-electron chi connectivity index (χ4n) is 2.44. The van der Waals surface area contributed by atoms with Crippen LogP contribution in [0, 0.1) is 6.92 Å². The van der Waals surface area contributed by atoms with E-state index in [1.165, 1.54) is 0 Å². The maximum Gasteiger partial charge on any atom is 0.162 e. The van der Waals surface area contributed by atoms with Gasteiger partial charge in [0, 0.05) is 24.6 Å². The molecule has 0 amide bonds. The first kappa shape index (κ1) is 16.4. The number of aliphatic hydroxyl groups excluding tert-OH is 1. The number of aliphatic hydroxyl groups is 1. The van der Waals surface area contributed by atoms with E-state index in [9.17, 15) is 0 Å². The van der Waals surface area contributed by atoms with Crippen molar-refractivity contribution >= 4 is 16.7 Å². The van der Waals surface area contributed by atoms with Crippen LogP contribution in [0.1, 0.15) is 24.8 Å². The summed E-state index contributed by atoms with van der Waals surface area (Å²) in [6.45, 7) is 3.17. The van der Waals surface area contributed by atoms with Crippen LogP contribution in [0.2, 0.25) is 0 Å². The first-order chi connectivity index (χ1) is 10.7.